The van der Waals surface area contributed by atoms with E-state index in [4.69, 9.17) is 4.74 Å². The van der Waals surface area contributed by atoms with Gasteiger partial charge in [0.25, 0.3) is 0 Å². The first-order valence-corrected chi connectivity index (χ1v) is 8.97. The third kappa shape index (κ3) is 3.49. The van der Waals surface area contributed by atoms with Crippen LogP contribution in [0.15, 0.2) is 23.1 Å². The molecule has 2 N–H and O–H groups in total. The lowest BCUT2D eigenvalue weighted by Crippen LogP contribution is -2.57. The molecule has 1 saturated heterocycles. The fraction of sp³-hybridized carbons (Fsp3) is 0.533. The van der Waals surface area contributed by atoms with Gasteiger partial charge < -0.3 is 15.2 Å². The number of carboxylic acids is 1. The lowest BCUT2D eigenvalue weighted by Gasteiger charge is -2.38. The summed E-state index contributed by atoms with van der Waals surface area (Å²) >= 11 is 0. The molecule has 1 aliphatic rings. The SMILES string of the molecule is CCOc1ccc(S(=O)(=O)N2[C@H](C)CNC[C@@H]2C)cc1C(=O)O. The number of hydrogen-bond donors (Lipinski definition) is 2. The Morgan fingerprint density at radius 1 is 1.35 bits per heavy atom. The molecule has 0 spiro atoms. The number of hydrogen-bond acceptors (Lipinski definition) is 5. The zero-order chi connectivity index (χ0) is 17.2. The summed E-state index contributed by atoms with van der Waals surface area (Å²) in [6, 6.07) is 3.56. The Morgan fingerprint density at radius 3 is 2.48 bits per heavy atom. The van der Waals surface area contributed by atoms with Crippen molar-refractivity contribution in [3.05, 3.63) is 23.8 Å². The third-order valence-electron chi connectivity index (χ3n) is 3.81. The number of nitrogens with one attached hydrogen (secondary N) is 1. The van der Waals surface area contributed by atoms with Crippen LogP contribution in [0.5, 0.6) is 5.75 Å². The van der Waals surface area contributed by atoms with Crippen molar-refractivity contribution in [1.82, 2.24) is 9.62 Å². The molecule has 0 unspecified atom stereocenters. The molecule has 1 aliphatic heterocycles. The van der Waals surface area contributed by atoms with Crippen molar-refractivity contribution in [1.29, 1.82) is 0 Å². The molecule has 1 fully saturated rings. The van der Waals surface area contributed by atoms with Gasteiger partial charge in [-0.3, -0.25) is 0 Å². The van der Waals surface area contributed by atoms with Gasteiger partial charge in [-0.1, -0.05) is 0 Å². The minimum atomic E-state index is -3.77. The maximum atomic E-state index is 12.9. The quantitative estimate of drug-likeness (QED) is 0.833. The van der Waals surface area contributed by atoms with E-state index in [0.717, 1.165) is 0 Å². The van der Waals surface area contributed by atoms with Crippen LogP contribution in [-0.4, -0.2) is 55.6 Å². The first-order chi connectivity index (χ1) is 10.8. The van der Waals surface area contributed by atoms with Gasteiger partial charge in [0.1, 0.15) is 11.3 Å². The smallest absolute Gasteiger partial charge is 0.339 e. The van der Waals surface area contributed by atoms with Crippen molar-refractivity contribution in [2.75, 3.05) is 19.7 Å². The molecule has 1 heterocycles. The highest BCUT2D eigenvalue weighted by Gasteiger charge is 2.36. The van der Waals surface area contributed by atoms with Crippen LogP contribution in [0, 0.1) is 0 Å². The minimum absolute atomic E-state index is 0.0287. The predicted molar refractivity (Wildman–Crippen MR) is 85.4 cm³/mol. The molecule has 2 rings (SSSR count). The maximum absolute atomic E-state index is 12.9. The number of rotatable bonds is 5. The maximum Gasteiger partial charge on any atom is 0.339 e. The van der Waals surface area contributed by atoms with Crippen LogP contribution in [-0.2, 0) is 10.0 Å². The molecule has 1 aromatic rings. The van der Waals surface area contributed by atoms with Crippen molar-refractivity contribution in [3.63, 3.8) is 0 Å². The molecule has 8 heteroatoms. The van der Waals surface area contributed by atoms with E-state index in [2.05, 4.69) is 5.32 Å². The summed E-state index contributed by atoms with van der Waals surface area (Å²) in [5.74, 6) is -1.05. The zero-order valence-corrected chi connectivity index (χ0v) is 14.3. The fourth-order valence-electron chi connectivity index (χ4n) is 2.83. The second kappa shape index (κ2) is 6.86. The Hall–Kier alpha value is -1.64. The Bertz CT molecular complexity index is 679. The Labute approximate surface area is 136 Å². The van der Waals surface area contributed by atoms with Gasteiger partial charge in [0.05, 0.1) is 11.5 Å². The molecular weight excluding hydrogens is 320 g/mol. The second-order valence-corrected chi connectivity index (χ2v) is 7.43. The highest BCUT2D eigenvalue weighted by molar-refractivity contribution is 7.89. The Balaban J connectivity index is 2.47. The lowest BCUT2D eigenvalue weighted by molar-refractivity contribution is 0.0692. The molecular formula is C15H22N2O5S. The van der Waals surface area contributed by atoms with Crippen molar-refractivity contribution in [2.45, 2.75) is 37.8 Å². The van der Waals surface area contributed by atoms with Crippen LogP contribution in [0.25, 0.3) is 0 Å². The summed E-state index contributed by atoms with van der Waals surface area (Å²) in [4.78, 5) is 11.4. The Morgan fingerprint density at radius 2 is 1.96 bits per heavy atom. The largest absolute Gasteiger partial charge is 0.493 e. The number of carboxylic acid groups (broad SMARTS) is 1. The van der Waals surface area contributed by atoms with Gasteiger partial charge in [0, 0.05) is 25.2 Å². The molecule has 0 radical (unpaired) electrons. The van der Waals surface area contributed by atoms with E-state index < -0.39 is 16.0 Å². The first kappa shape index (κ1) is 17.7. The number of sulfonamides is 1. The molecule has 0 saturated carbocycles. The monoisotopic (exact) mass is 342 g/mol. The van der Waals surface area contributed by atoms with Gasteiger partial charge in [0.15, 0.2) is 0 Å². The van der Waals surface area contributed by atoms with Gasteiger partial charge in [-0.25, -0.2) is 13.2 Å². The number of ether oxygens (including phenoxy) is 1. The highest BCUT2D eigenvalue weighted by Crippen LogP contribution is 2.27. The topological polar surface area (TPSA) is 95.9 Å². The molecule has 0 aromatic heterocycles. The number of piperazine rings is 1. The zero-order valence-electron chi connectivity index (χ0n) is 13.4. The number of nitrogens with zero attached hydrogens (tertiary/aromatic N) is 1. The summed E-state index contributed by atoms with van der Waals surface area (Å²) in [7, 11) is -3.77. The number of carbonyl (C=O) groups is 1. The van der Waals surface area contributed by atoms with Crippen LogP contribution in [0.3, 0.4) is 0 Å². The summed E-state index contributed by atoms with van der Waals surface area (Å²) in [5, 5.41) is 12.5. The molecule has 0 aliphatic carbocycles. The Kier molecular flexibility index (Phi) is 5.28. The van der Waals surface area contributed by atoms with Gasteiger partial charge in [-0.15, -0.1) is 0 Å². The molecule has 7 nitrogen and oxygen atoms in total. The highest BCUT2D eigenvalue weighted by atomic mass is 32.2. The molecule has 2 atom stereocenters. The normalized spacial score (nSPS) is 22.7. The number of aromatic carboxylic acids is 1. The van der Waals surface area contributed by atoms with E-state index >= 15 is 0 Å². The van der Waals surface area contributed by atoms with Crippen molar-refractivity contribution in [2.24, 2.45) is 0 Å². The van der Waals surface area contributed by atoms with Crippen LogP contribution in [0.2, 0.25) is 0 Å². The molecule has 23 heavy (non-hydrogen) atoms. The molecule has 1 aromatic carbocycles. The molecule has 128 valence electrons. The fourth-order valence-corrected chi connectivity index (χ4v) is 4.68. The van der Waals surface area contributed by atoms with Crippen molar-refractivity contribution in [3.8, 4) is 5.75 Å². The van der Waals surface area contributed by atoms with E-state index in [1.807, 2.05) is 13.8 Å². The van der Waals surface area contributed by atoms with E-state index in [9.17, 15) is 18.3 Å². The van der Waals surface area contributed by atoms with Crippen LogP contribution < -0.4 is 10.1 Å². The minimum Gasteiger partial charge on any atom is -0.493 e. The number of benzene rings is 1. The average molecular weight is 342 g/mol. The summed E-state index contributed by atoms with van der Waals surface area (Å²) in [6.45, 7) is 6.82. The van der Waals surface area contributed by atoms with Crippen molar-refractivity contribution >= 4 is 16.0 Å². The molecule has 0 amide bonds. The van der Waals surface area contributed by atoms with Crippen LogP contribution in [0.1, 0.15) is 31.1 Å². The first-order valence-electron chi connectivity index (χ1n) is 7.53. The van der Waals surface area contributed by atoms with Gasteiger partial charge >= 0.3 is 5.97 Å². The second-order valence-electron chi connectivity index (χ2n) is 5.59. The van der Waals surface area contributed by atoms with Crippen molar-refractivity contribution < 1.29 is 23.1 Å². The van der Waals surface area contributed by atoms with Gasteiger partial charge in [-0.2, -0.15) is 4.31 Å². The van der Waals surface area contributed by atoms with E-state index in [1.165, 1.54) is 22.5 Å². The summed E-state index contributed by atoms with van der Waals surface area (Å²) in [6.07, 6.45) is 0. The van der Waals surface area contributed by atoms with Crippen LogP contribution in [0.4, 0.5) is 0 Å². The third-order valence-corrected chi connectivity index (χ3v) is 5.93. The van der Waals surface area contributed by atoms with E-state index in [1.54, 1.807) is 6.92 Å². The van der Waals surface area contributed by atoms with Gasteiger partial charge in [-0.05, 0) is 39.0 Å². The van der Waals surface area contributed by atoms with E-state index in [0.29, 0.717) is 19.7 Å². The van der Waals surface area contributed by atoms with Gasteiger partial charge in [0.2, 0.25) is 10.0 Å². The standard InChI is InChI=1S/C15H22N2O5S/c1-4-22-14-6-5-12(7-13(14)15(18)19)23(20,21)17-10(2)8-16-9-11(17)3/h5-7,10-11,16H,4,8-9H2,1-3H3,(H,18,19)/t10-,11+. The predicted octanol–water partition coefficient (Wildman–Crippen LogP) is 1.15. The molecule has 0 bridgehead atoms. The van der Waals surface area contributed by atoms with Crippen LogP contribution >= 0.6 is 0 Å². The van der Waals surface area contributed by atoms with E-state index in [-0.39, 0.29) is 28.3 Å². The summed E-state index contributed by atoms with van der Waals surface area (Å²) in [5.41, 5.74) is -0.150. The summed E-state index contributed by atoms with van der Waals surface area (Å²) < 4.78 is 32.5. The lowest BCUT2D eigenvalue weighted by atomic mass is 10.2. The average Bonchev–Trinajstić information content (AvgIpc) is 2.47.